The molecular formula is C65H52O8P4. The number of fused-ring (bicyclic) bond motifs is 8. The Labute approximate surface area is 445 Å². The fourth-order valence-electron chi connectivity index (χ4n) is 11.5. The smallest absolute Gasteiger partial charge is 0.314 e. The first-order valence-electron chi connectivity index (χ1n) is 26.1. The lowest BCUT2D eigenvalue weighted by Gasteiger charge is -2.43. The Kier molecular flexibility index (Phi) is 12.0. The van der Waals surface area contributed by atoms with Gasteiger partial charge in [0.05, 0.1) is 44.2 Å². The summed E-state index contributed by atoms with van der Waals surface area (Å²) in [5.41, 5.74) is -0.889. The summed E-state index contributed by atoms with van der Waals surface area (Å²) >= 11 is 0. The third-order valence-corrected chi connectivity index (χ3v) is 26.6. The third kappa shape index (κ3) is 9.00. The van der Waals surface area contributed by atoms with E-state index in [1.807, 2.05) is 121 Å². The maximum Gasteiger partial charge on any atom is 0.331 e. The second-order valence-corrected chi connectivity index (χ2v) is 31.4. The van der Waals surface area contributed by atoms with Crippen LogP contribution in [0.1, 0.15) is 0 Å². The summed E-state index contributed by atoms with van der Waals surface area (Å²) in [6.07, 6.45) is -0.0899. The predicted molar refractivity (Wildman–Crippen MR) is 320 cm³/mol. The topological polar surface area (TPSA) is 105 Å². The Morgan fingerprint density at radius 3 is 0.740 bits per heavy atom. The maximum absolute atomic E-state index is 16.0. The van der Waals surface area contributed by atoms with Crippen molar-refractivity contribution >= 4 is 137 Å². The molecule has 0 N–H and O–H groups in total. The van der Waals surface area contributed by atoms with E-state index in [2.05, 4.69) is 97.1 Å². The third-order valence-electron chi connectivity index (χ3n) is 16.1. The Morgan fingerprint density at radius 2 is 0.506 bits per heavy atom. The summed E-state index contributed by atoms with van der Waals surface area (Å²) in [5.74, 6) is 0. The van der Waals surface area contributed by atoms with Gasteiger partial charge in [0.1, 0.15) is 14.3 Å². The van der Waals surface area contributed by atoms with Crippen LogP contribution in [0.4, 0.5) is 0 Å². The van der Waals surface area contributed by atoms with Crippen LogP contribution in [0.15, 0.2) is 218 Å². The fraction of sp³-hybridized carbons (Fsp3) is 0.138. The van der Waals surface area contributed by atoms with Gasteiger partial charge >= 0.3 is 15.2 Å². The summed E-state index contributed by atoms with van der Waals surface area (Å²) in [6, 6.07) is 73.8. The summed E-state index contributed by atoms with van der Waals surface area (Å²) < 4.78 is 86.1. The number of rotatable bonds is 10. The van der Waals surface area contributed by atoms with Gasteiger partial charge in [0.15, 0.2) is 0 Å². The van der Waals surface area contributed by atoms with Crippen molar-refractivity contribution in [3.8, 4) is 0 Å². The van der Waals surface area contributed by atoms with Gasteiger partial charge in [-0.25, -0.2) is 0 Å². The van der Waals surface area contributed by atoms with Gasteiger partial charge in [-0.05, 0) is 159 Å². The van der Waals surface area contributed by atoms with Crippen molar-refractivity contribution in [1.29, 1.82) is 0 Å². The monoisotopic (exact) mass is 1080 g/mol. The Balaban J connectivity index is 0.712. The largest absolute Gasteiger partial charge is 0.331 e. The van der Waals surface area contributed by atoms with E-state index < -0.39 is 34.9 Å². The zero-order valence-corrected chi connectivity index (χ0v) is 45.6. The van der Waals surface area contributed by atoms with Gasteiger partial charge in [0.25, 0.3) is 0 Å². The van der Waals surface area contributed by atoms with E-state index in [1.54, 1.807) is 0 Å². The van der Waals surface area contributed by atoms with Crippen LogP contribution in [0.2, 0.25) is 0 Å². The van der Waals surface area contributed by atoms with Crippen molar-refractivity contribution in [3.05, 3.63) is 218 Å². The highest BCUT2D eigenvalue weighted by Gasteiger charge is 2.49. The lowest BCUT2D eigenvalue weighted by Crippen LogP contribution is -2.46. The Hall–Kier alpha value is -6.52. The summed E-state index contributed by atoms with van der Waals surface area (Å²) in [4.78, 5) is 0. The Bertz CT molecular complexity index is 4050. The number of hydrogen-bond donors (Lipinski definition) is 0. The van der Waals surface area contributed by atoms with Crippen molar-refractivity contribution in [3.63, 3.8) is 0 Å². The van der Waals surface area contributed by atoms with Crippen molar-refractivity contribution < 1.29 is 36.4 Å². The molecule has 0 saturated carbocycles. The minimum absolute atomic E-state index is 0.0310. The first-order valence-corrected chi connectivity index (χ1v) is 33.3. The second kappa shape index (κ2) is 18.8. The van der Waals surface area contributed by atoms with Crippen molar-refractivity contribution in [2.45, 2.75) is 0 Å². The average Bonchev–Trinajstić information content (AvgIpc) is 3.50. The van der Waals surface area contributed by atoms with Crippen LogP contribution in [0.3, 0.4) is 0 Å². The molecule has 12 heteroatoms. The Morgan fingerprint density at radius 1 is 0.299 bits per heavy atom. The molecule has 2 fully saturated rings. The van der Waals surface area contributed by atoms with Crippen LogP contribution in [0.5, 0.6) is 0 Å². The fourth-order valence-corrected chi connectivity index (χ4v) is 22.5. The maximum atomic E-state index is 16.0. The van der Waals surface area contributed by atoms with Crippen LogP contribution < -0.4 is 21.2 Å². The predicted octanol–water partition coefficient (Wildman–Crippen LogP) is 15.7. The van der Waals surface area contributed by atoms with Crippen LogP contribution >= 0.6 is 29.5 Å². The molecule has 2 heterocycles. The molecule has 0 amide bonds. The van der Waals surface area contributed by atoms with Crippen LogP contribution in [0, 0.1) is 5.41 Å². The molecule has 0 unspecified atom stereocenters. The highest BCUT2D eigenvalue weighted by Crippen LogP contribution is 2.62. The molecule has 0 atom stereocenters. The zero-order chi connectivity index (χ0) is 52.0. The van der Waals surface area contributed by atoms with E-state index in [9.17, 15) is 9.13 Å². The molecule has 0 aliphatic carbocycles. The molecule has 14 rings (SSSR count). The van der Waals surface area contributed by atoms with Gasteiger partial charge in [0.2, 0.25) is 0 Å². The van der Waals surface area contributed by atoms with Crippen molar-refractivity contribution in [2.75, 3.05) is 51.1 Å². The lowest BCUT2D eigenvalue weighted by molar-refractivity contribution is -0.0680. The van der Waals surface area contributed by atoms with Gasteiger partial charge in [-0.2, -0.15) is 0 Å². The van der Waals surface area contributed by atoms with Gasteiger partial charge in [-0.15, -0.1) is 0 Å². The standard InChI is InChI=1S/C65H52O8P4/c66-74(61-21-17-53-29-45-9-1-5-13-49(45)33-57(53)37-61,62-22-18-54-30-46-10-2-6-14-50(46)34-58(54)38-62)25-27-76(68)70-41-65(42-71-76)43-72-77(69,73-44-65)28-26-75(67,63-23-19-55-31-47-11-3-7-15-51(47)35-59(55)39-63)64-24-20-56-32-48-12-4-8-16-52(48)36-60(56)40-64/h1-24,29-40H,25-28,41-44H2. The zero-order valence-electron chi connectivity index (χ0n) is 42.0. The molecule has 0 aromatic heterocycles. The molecule has 380 valence electrons. The van der Waals surface area contributed by atoms with Crippen molar-refractivity contribution in [2.24, 2.45) is 5.41 Å². The molecule has 0 radical (unpaired) electrons. The average molecular weight is 1090 g/mol. The van der Waals surface area contributed by atoms with Gasteiger partial charge in [-0.1, -0.05) is 146 Å². The first kappa shape index (κ1) is 48.8. The second-order valence-electron chi connectivity index (χ2n) is 21.1. The quantitative estimate of drug-likeness (QED) is 0.0985. The lowest BCUT2D eigenvalue weighted by atomic mass is 9.93. The molecule has 77 heavy (non-hydrogen) atoms. The normalized spacial score (nSPS) is 20.4. The minimum Gasteiger partial charge on any atom is -0.314 e. The molecule has 12 aromatic rings. The first-order chi connectivity index (χ1) is 37.4. The van der Waals surface area contributed by atoms with Crippen LogP contribution in [-0.2, 0) is 36.4 Å². The summed E-state index contributed by atoms with van der Waals surface area (Å²) in [7, 11) is -14.5. The van der Waals surface area contributed by atoms with E-state index in [4.69, 9.17) is 18.1 Å². The molecule has 2 saturated heterocycles. The van der Waals surface area contributed by atoms with Crippen LogP contribution in [-0.4, -0.2) is 51.1 Å². The molecule has 2 aliphatic heterocycles. The molecule has 0 bridgehead atoms. The molecule has 2 aliphatic rings. The van der Waals surface area contributed by atoms with E-state index in [0.717, 1.165) is 86.2 Å². The van der Waals surface area contributed by atoms with Gasteiger partial charge in [-0.3, -0.25) is 9.13 Å². The highest BCUT2D eigenvalue weighted by molar-refractivity contribution is 7.79. The number of hydrogen-bond acceptors (Lipinski definition) is 8. The SMILES string of the molecule is O=P1(CCP(=O)(c2ccc3cc4ccccc4cc3c2)c2ccc3cc4ccccc4cc3c2)OCC2(CO1)COP(=O)(CCP(=O)(c1ccc3cc4ccccc4cc3c1)c1ccc3cc4ccccc4cc3c1)OC2. The molecular weight excluding hydrogens is 1030 g/mol. The van der Waals surface area contributed by atoms with E-state index in [-0.39, 0.29) is 51.1 Å². The minimum atomic E-state index is -3.79. The van der Waals surface area contributed by atoms with Gasteiger partial charge in [0, 0.05) is 33.5 Å². The molecule has 12 aromatic carbocycles. The van der Waals surface area contributed by atoms with Crippen LogP contribution in [0.25, 0.3) is 86.2 Å². The van der Waals surface area contributed by atoms with E-state index in [1.165, 1.54) is 0 Å². The van der Waals surface area contributed by atoms with Gasteiger partial charge < -0.3 is 27.2 Å². The number of benzene rings is 12. The molecule has 1 spiro atoms. The summed E-state index contributed by atoms with van der Waals surface area (Å²) in [5, 5.41) is 19.5. The molecule has 8 nitrogen and oxygen atoms in total. The highest BCUT2D eigenvalue weighted by atomic mass is 31.2. The van der Waals surface area contributed by atoms with E-state index in [0.29, 0.717) is 21.2 Å². The van der Waals surface area contributed by atoms with Crippen molar-refractivity contribution in [1.82, 2.24) is 0 Å². The summed E-state index contributed by atoms with van der Waals surface area (Å²) in [6.45, 7) is -0.124. The van der Waals surface area contributed by atoms with E-state index >= 15 is 9.13 Å².